The van der Waals surface area contributed by atoms with Crippen LogP contribution in [0, 0.1) is 0 Å². The first kappa shape index (κ1) is 20.5. The van der Waals surface area contributed by atoms with Gasteiger partial charge in [0.2, 0.25) is 11.2 Å². The van der Waals surface area contributed by atoms with E-state index in [-0.39, 0.29) is 40.9 Å². The van der Waals surface area contributed by atoms with Gasteiger partial charge in [-0.2, -0.15) is 0 Å². The molecule has 0 spiro atoms. The van der Waals surface area contributed by atoms with Crippen LogP contribution in [0.15, 0.2) is 50.4 Å². The zero-order valence-electron chi connectivity index (χ0n) is 16.9. The van der Waals surface area contributed by atoms with Crippen LogP contribution in [-0.2, 0) is 10.2 Å². The molecule has 6 heteroatoms. The van der Waals surface area contributed by atoms with Crippen LogP contribution in [0.25, 0.3) is 17.0 Å². The van der Waals surface area contributed by atoms with E-state index >= 15 is 0 Å². The lowest BCUT2D eigenvalue weighted by molar-refractivity contribution is -0.123. The Morgan fingerprint density at radius 2 is 1.59 bits per heavy atom. The largest absolute Gasteiger partial charge is 0.508 e. The average molecular weight is 396 g/mol. The Hall–Kier alpha value is -3.28. The Morgan fingerprint density at radius 1 is 1.00 bits per heavy atom. The van der Waals surface area contributed by atoms with Gasteiger partial charge in [0.1, 0.15) is 28.2 Å². The number of allylic oxidation sites excluding steroid dienone is 5. The van der Waals surface area contributed by atoms with Gasteiger partial charge in [-0.05, 0) is 40.5 Å². The van der Waals surface area contributed by atoms with E-state index in [0.717, 1.165) is 23.3 Å². The monoisotopic (exact) mass is 396 g/mol. The number of rotatable bonds is 4. The first-order valence-electron chi connectivity index (χ1n) is 9.32. The average Bonchev–Trinajstić information content (AvgIpc) is 2.60. The molecule has 6 nitrogen and oxygen atoms in total. The molecule has 0 radical (unpaired) electrons. The summed E-state index contributed by atoms with van der Waals surface area (Å²) in [5.74, 6) is -1.70. The number of carbonyl (C=O) groups is 1. The van der Waals surface area contributed by atoms with Gasteiger partial charge < -0.3 is 19.7 Å². The Morgan fingerprint density at radius 3 is 2.14 bits per heavy atom. The SMILES string of the molecule is CC(C)=CCC1(CC=C(C)C)C(=O)C(O)=Cc2oc3cc(O)cc(O)c3c(=O)c21. The van der Waals surface area contributed by atoms with E-state index in [1.807, 2.05) is 39.8 Å². The Bertz CT molecular complexity index is 1130. The molecule has 1 aromatic carbocycles. The number of aliphatic hydroxyl groups is 1. The van der Waals surface area contributed by atoms with Crippen LogP contribution < -0.4 is 5.43 Å². The van der Waals surface area contributed by atoms with Crippen LogP contribution in [0.5, 0.6) is 11.5 Å². The third-order valence-corrected chi connectivity index (χ3v) is 5.12. The smallest absolute Gasteiger partial charge is 0.208 e. The molecule has 0 fully saturated rings. The molecule has 0 aliphatic heterocycles. The number of aromatic hydroxyl groups is 2. The van der Waals surface area contributed by atoms with Gasteiger partial charge in [0.15, 0.2) is 5.76 Å². The summed E-state index contributed by atoms with van der Waals surface area (Å²) < 4.78 is 5.76. The molecular weight excluding hydrogens is 372 g/mol. The van der Waals surface area contributed by atoms with Crippen LogP contribution in [0.4, 0.5) is 0 Å². The molecule has 1 aliphatic rings. The molecule has 3 N–H and O–H groups in total. The summed E-state index contributed by atoms with van der Waals surface area (Å²) in [4.78, 5) is 26.7. The fourth-order valence-electron chi connectivity index (χ4n) is 3.63. The highest BCUT2D eigenvalue weighted by molar-refractivity contribution is 6.08. The number of aliphatic hydroxyl groups excluding tert-OH is 1. The quantitative estimate of drug-likeness (QED) is 0.650. The zero-order chi connectivity index (χ0) is 21.5. The minimum Gasteiger partial charge on any atom is -0.508 e. The van der Waals surface area contributed by atoms with Crippen molar-refractivity contribution in [1.82, 2.24) is 0 Å². The number of benzene rings is 1. The van der Waals surface area contributed by atoms with Crippen molar-refractivity contribution in [1.29, 1.82) is 0 Å². The summed E-state index contributed by atoms with van der Waals surface area (Å²) in [7, 11) is 0. The lowest BCUT2D eigenvalue weighted by Crippen LogP contribution is -2.43. The molecule has 0 amide bonds. The van der Waals surface area contributed by atoms with E-state index in [1.165, 1.54) is 6.07 Å². The number of carbonyl (C=O) groups excluding carboxylic acids is 1. The number of Topliss-reactive ketones (excluding diaryl/α,β-unsaturated/α-hetero) is 1. The highest BCUT2D eigenvalue weighted by atomic mass is 16.3. The molecule has 1 heterocycles. The maximum absolute atomic E-state index is 13.5. The summed E-state index contributed by atoms with van der Waals surface area (Å²) in [6.07, 6.45) is 5.21. The first-order valence-corrected chi connectivity index (χ1v) is 9.32. The fraction of sp³-hybridized carbons (Fsp3) is 0.304. The first-order chi connectivity index (χ1) is 13.6. The van der Waals surface area contributed by atoms with E-state index in [0.29, 0.717) is 0 Å². The van der Waals surface area contributed by atoms with Crippen LogP contribution >= 0.6 is 0 Å². The summed E-state index contributed by atoms with van der Waals surface area (Å²) in [5, 5.41) is 30.3. The van der Waals surface area contributed by atoms with Crippen LogP contribution in [-0.4, -0.2) is 21.1 Å². The molecule has 0 bridgehead atoms. The van der Waals surface area contributed by atoms with Crippen LogP contribution in [0.1, 0.15) is 51.9 Å². The van der Waals surface area contributed by atoms with Gasteiger partial charge in [-0.15, -0.1) is 0 Å². The minimum atomic E-state index is -1.36. The number of fused-ring (bicyclic) bond motifs is 2. The predicted octanol–water partition coefficient (Wildman–Crippen LogP) is 4.64. The lowest BCUT2D eigenvalue weighted by Gasteiger charge is -2.34. The van der Waals surface area contributed by atoms with Gasteiger partial charge in [0.05, 0.1) is 11.0 Å². The maximum Gasteiger partial charge on any atom is 0.208 e. The van der Waals surface area contributed by atoms with Gasteiger partial charge in [0.25, 0.3) is 0 Å². The van der Waals surface area contributed by atoms with Crippen molar-refractivity contribution < 1.29 is 24.5 Å². The van der Waals surface area contributed by atoms with Gasteiger partial charge in [0, 0.05) is 18.2 Å². The van der Waals surface area contributed by atoms with E-state index in [4.69, 9.17) is 4.42 Å². The molecular formula is C23H24O6. The van der Waals surface area contributed by atoms with Crippen molar-refractivity contribution in [2.24, 2.45) is 0 Å². The van der Waals surface area contributed by atoms with Gasteiger partial charge in [-0.25, -0.2) is 0 Å². The minimum absolute atomic E-state index is 0.0250. The van der Waals surface area contributed by atoms with Crippen molar-refractivity contribution >= 4 is 22.8 Å². The van der Waals surface area contributed by atoms with E-state index in [2.05, 4.69) is 0 Å². The van der Waals surface area contributed by atoms with Gasteiger partial charge in [-0.3, -0.25) is 9.59 Å². The molecule has 1 aromatic heterocycles. The molecule has 1 aliphatic carbocycles. The summed E-state index contributed by atoms with van der Waals surface area (Å²) in [6.45, 7) is 7.54. The van der Waals surface area contributed by atoms with E-state index in [9.17, 15) is 24.9 Å². The molecule has 152 valence electrons. The van der Waals surface area contributed by atoms with E-state index in [1.54, 1.807) is 0 Å². The number of hydrogen-bond donors (Lipinski definition) is 3. The van der Waals surface area contributed by atoms with Crippen LogP contribution in [0.2, 0.25) is 0 Å². The second-order valence-electron chi connectivity index (χ2n) is 7.92. The predicted molar refractivity (Wildman–Crippen MR) is 111 cm³/mol. The standard InChI is InChI=1S/C23H24O6/c1-12(2)5-7-23(8-6-13(3)4)20-18(11-16(26)22(23)28)29-17-10-14(24)9-15(25)19(17)21(20)27/h5-6,9-11,24-26H,7-8H2,1-4H3. The normalized spacial score (nSPS) is 14.9. The third kappa shape index (κ3) is 3.46. The Kier molecular flexibility index (Phi) is 5.13. The molecule has 2 aromatic rings. The summed E-state index contributed by atoms with van der Waals surface area (Å²) in [6, 6.07) is 2.27. The van der Waals surface area contributed by atoms with Crippen molar-refractivity contribution in [2.75, 3.05) is 0 Å². The molecule has 0 unspecified atom stereocenters. The number of phenols is 2. The highest BCUT2D eigenvalue weighted by Crippen LogP contribution is 2.43. The van der Waals surface area contributed by atoms with Gasteiger partial charge >= 0.3 is 0 Å². The van der Waals surface area contributed by atoms with Gasteiger partial charge in [-0.1, -0.05) is 23.3 Å². The molecule has 0 saturated carbocycles. The topological polar surface area (TPSA) is 108 Å². The molecule has 0 saturated heterocycles. The second-order valence-corrected chi connectivity index (χ2v) is 7.92. The third-order valence-electron chi connectivity index (χ3n) is 5.12. The summed E-state index contributed by atoms with van der Waals surface area (Å²) in [5.41, 5.74) is 0.0830. The number of phenolic OH excluding ortho intramolecular Hbond substituents is 2. The van der Waals surface area contributed by atoms with Crippen molar-refractivity contribution in [3.05, 3.63) is 62.7 Å². The highest BCUT2D eigenvalue weighted by Gasteiger charge is 2.47. The van der Waals surface area contributed by atoms with Crippen molar-refractivity contribution in [3.8, 4) is 11.5 Å². The lowest BCUT2D eigenvalue weighted by atomic mass is 9.67. The second kappa shape index (κ2) is 7.28. The maximum atomic E-state index is 13.5. The number of ketones is 1. The Labute approximate surface area is 168 Å². The summed E-state index contributed by atoms with van der Waals surface area (Å²) >= 11 is 0. The zero-order valence-corrected chi connectivity index (χ0v) is 16.9. The molecule has 3 rings (SSSR count). The fourth-order valence-corrected chi connectivity index (χ4v) is 3.63. The number of hydrogen-bond acceptors (Lipinski definition) is 6. The van der Waals surface area contributed by atoms with Crippen LogP contribution in [0.3, 0.4) is 0 Å². The Balaban J connectivity index is 2.45. The molecule has 29 heavy (non-hydrogen) atoms. The van der Waals surface area contributed by atoms with Crippen molar-refractivity contribution in [3.63, 3.8) is 0 Å². The van der Waals surface area contributed by atoms with E-state index < -0.39 is 28.1 Å². The van der Waals surface area contributed by atoms with Crippen molar-refractivity contribution in [2.45, 2.75) is 46.0 Å². The molecule has 0 atom stereocenters.